The van der Waals surface area contributed by atoms with Crippen LogP contribution in [0.1, 0.15) is 12.8 Å². The van der Waals surface area contributed by atoms with Crippen LogP contribution < -0.4 is 19.1 Å². The third-order valence-electron chi connectivity index (χ3n) is 5.41. The lowest BCUT2D eigenvalue weighted by atomic mass is 10.0. The van der Waals surface area contributed by atoms with Crippen LogP contribution in [0.2, 0.25) is 0 Å². The Morgan fingerprint density at radius 1 is 1.04 bits per heavy atom. The summed E-state index contributed by atoms with van der Waals surface area (Å²) in [5.74, 6) is 2.42. The lowest BCUT2D eigenvalue weighted by Crippen LogP contribution is -2.45. The summed E-state index contributed by atoms with van der Waals surface area (Å²) in [6.45, 7) is 2.74. The standard InChI is InChI=1S/C19H24N4O5/c1-25-14-10-13-15(17(27-3)16(14)26-2)20-11-21-18(13)22-6-4-12(5-7-22)23-8-9-28-19(23)24/h10-12H,4-9H2,1-3H3. The third-order valence-corrected chi connectivity index (χ3v) is 5.41. The van der Waals surface area contributed by atoms with Gasteiger partial charge in [-0.15, -0.1) is 0 Å². The second-order valence-electron chi connectivity index (χ2n) is 6.76. The Morgan fingerprint density at radius 2 is 1.79 bits per heavy atom. The van der Waals surface area contributed by atoms with Crippen molar-refractivity contribution in [2.45, 2.75) is 18.9 Å². The normalized spacial score (nSPS) is 17.8. The van der Waals surface area contributed by atoms with Crippen LogP contribution in [0, 0.1) is 0 Å². The molecular weight excluding hydrogens is 364 g/mol. The van der Waals surface area contributed by atoms with Crippen molar-refractivity contribution in [1.82, 2.24) is 14.9 Å². The van der Waals surface area contributed by atoms with Crippen molar-refractivity contribution in [3.05, 3.63) is 12.4 Å². The second kappa shape index (κ2) is 7.57. The second-order valence-corrected chi connectivity index (χ2v) is 6.76. The monoisotopic (exact) mass is 388 g/mol. The summed E-state index contributed by atoms with van der Waals surface area (Å²) in [4.78, 5) is 24.8. The maximum Gasteiger partial charge on any atom is 0.410 e. The van der Waals surface area contributed by atoms with E-state index in [2.05, 4.69) is 14.9 Å². The molecule has 0 unspecified atom stereocenters. The fraction of sp³-hybridized carbons (Fsp3) is 0.526. The quantitative estimate of drug-likeness (QED) is 0.770. The molecule has 150 valence electrons. The number of nitrogens with zero attached hydrogens (tertiary/aromatic N) is 4. The van der Waals surface area contributed by atoms with E-state index >= 15 is 0 Å². The minimum absolute atomic E-state index is 0.201. The summed E-state index contributed by atoms with van der Waals surface area (Å²) in [6, 6.07) is 2.10. The van der Waals surface area contributed by atoms with Gasteiger partial charge in [0.1, 0.15) is 24.3 Å². The molecule has 4 rings (SSSR count). The van der Waals surface area contributed by atoms with Crippen LogP contribution in [0.3, 0.4) is 0 Å². The highest BCUT2D eigenvalue weighted by atomic mass is 16.6. The molecule has 0 atom stereocenters. The van der Waals surface area contributed by atoms with Crippen molar-refractivity contribution in [3.8, 4) is 17.2 Å². The van der Waals surface area contributed by atoms with Crippen LogP contribution >= 0.6 is 0 Å². The smallest absolute Gasteiger partial charge is 0.410 e. The molecule has 0 spiro atoms. The Kier molecular flexibility index (Phi) is 4.97. The average Bonchev–Trinajstić information content (AvgIpc) is 3.17. The molecule has 0 saturated carbocycles. The van der Waals surface area contributed by atoms with Crippen molar-refractivity contribution < 1.29 is 23.7 Å². The Hall–Kier alpha value is -2.97. The average molecular weight is 388 g/mol. The number of amides is 1. The van der Waals surface area contributed by atoms with Crippen molar-refractivity contribution in [2.24, 2.45) is 0 Å². The molecule has 0 radical (unpaired) electrons. The van der Waals surface area contributed by atoms with Crippen molar-refractivity contribution in [3.63, 3.8) is 0 Å². The molecule has 0 aliphatic carbocycles. The van der Waals surface area contributed by atoms with Crippen LogP contribution in [-0.4, -0.2) is 74.6 Å². The van der Waals surface area contributed by atoms with Crippen LogP contribution in [-0.2, 0) is 4.74 Å². The predicted molar refractivity (Wildman–Crippen MR) is 102 cm³/mol. The van der Waals surface area contributed by atoms with Gasteiger partial charge in [-0.1, -0.05) is 0 Å². The summed E-state index contributed by atoms with van der Waals surface area (Å²) in [5, 5.41) is 0.844. The highest BCUT2D eigenvalue weighted by Crippen LogP contribution is 2.44. The van der Waals surface area contributed by atoms with Gasteiger partial charge in [0.2, 0.25) is 5.75 Å². The highest BCUT2D eigenvalue weighted by Gasteiger charge is 2.33. The van der Waals surface area contributed by atoms with E-state index in [1.807, 2.05) is 11.0 Å². The number of carbonyl (C=O) groups is 1. The van der Waals surface area contributed by atoms with Crippen LogP contribution in [0.4, 0.5) is 10.6 Å². The van der Waals surface area contributed by atoms with Gasteiger partial charge in [-0.2, -0.15) is 0 Å². The number of piperidine rings is 1. The Bertz CT molecular complexity index is 882. The van der Waals surface area contributed by atoms with Gasteiger partial charge in [-0.25, -0.2) is 14.8 Å². The number of cyclic esters (lactones) is 1. The van der Waals surface area contributed by atoms with Crippen LogP contribution in [0.15, 0.2) is 12.4 Å². The molecule has 9 nitrogen and oxygen atoms in total. The zero-order valence-electron chi connectivity index (χ0n) is 16.3. The first kappa shape index (κ1) is 18.4. The van der Waals surface area contributed by atoms with E-state index in [4.69, 9.17) is 18.9 Å². The van der Waals surface area contributed by atoms with Crippen molar-refractivity contribution in [1.29, 1.82) is 0 Å². The van der Waals surface area contributed by atoms with Gasteiger partial charge < -0.3 is 28.7 Å². The predicted octanol–water partition coefficient (Wildman–Crippen LogP) is 2.08. The third kappa shape index (κ3) is 3.00. The van der Waals surface area contributed by atoms with Gasteiger partial charge in [0.25, 0.3) is 0 Å². The lowest BCUT2D eigenvalue weighted by molar-refractivity contribution is 0.142. The summed E-state index contributed by atoms with van der Waals surface area (Å²) in [6.07, 6.45) is 3.07. The molecule has 2 aromatic rings. The number of anilines is 1. The molecule has 1 aromatic carbocycles. The Morgan fingerprint density at radius 3 is 2.39 bits per heavy atom. The van der Waals surface area contributed by atoms with Crippen molar-refractivity contribution >= 4 is 22.8 Å². The lowest BCUT2D eigenvalue weighted by Gasteiger charge is -2.36. The van der Waals surface area contributed by atoms with Gasteiger partial charge in [-0.05, 0) is 18.9 Å². The van der Waals surface area contributed by atoms with Gasteiger partial charge in [0, 0.05) is 19.1 Å². The summed E-state index contributed by atoms with van der Waals surface area (Å²) < 4.78 is 21.6. The molecule has 0 N–H and O–H groups in total. The number of carbonyl (C=O) groups excluding carboxylic acids is 1. The molecule has 9 heteroatoms. The topological polar surface area (TPSA) is 86.3 Å². The number of ether oxygens (including phenoxy) is 4. The zero-order valence-corrected chi connectivity index (χ0v) is 16.3. The molecule has 0 bridgehead atoms. The first-order valence-electron chi connectivity index (χ1n) is 9.30. The SMILES string of the molecule is COc1cc2c(N3CCC(N4CCOC4=O)CC3)ncnc2c(OC)c1OC. The van der Waals surface area contributed by atoms with Gasteiger partial charge in [0.05, 0.1) is 33.3 Å². The summed E-state index contributed by atoms with van der Waals surface area (Å²) in [7, 11) is 4.74. The Labute approximate surface area is 163 Å². The number of benzene rings is 1. The summed E-state index contributed by atoms with van der Waals surface area (Å²) in [5.41, 5.74) is 0.676. The highest BCUT2D eigenvalue weighted by molar-refractivity contribution is 5.97. The van der Waals surface area contributed by atoms with E-state index in [0.29, 0.717) is 35.9 Å². The molecule has 1 aromatic heterocycles. The maximum absolute atomic E-state index is 11.8. The fourth-order valence-corrected chi connectivity index (χ4v) is 4.03. The molecule has 2 fully saturated rings. The molecule has 1 amide bonds. The van der Waals surface area contributed by atoms with E-state index in [1.54, 1.807) is 21.3 Å². The van der Waals surface area contributed by atoms with Gasteiger partial charge in [0.15, 0.2) is 11.5 Å². The first-order valence-corrected chi connectivity index (χ1v) is 9.30. The zero-order chi connectivity index (χ0) is 19.7. The van der Waals surface area contributed by atoms with Crippen molar-refractivity contribution in [2.75, 3.05) is 52.5 Å². The number of hydrogen-bond acceptors (Lipinski definition) is 8. The molecular formula is C19H24N4O5. The molecule has 2 aliphatic heterocycles. The first-order chi connectivity index (χ1) is 13.7. The number of methoxy groups -OCH3 is 3. The number of fused-ring (bicyclic) bond motifs is 1. The minimum atomic E-state index is -0.201. The number of aromatic nitrogens is 2. The molecule has 2 saturated heterocycles. The maximum atomic E-state index is 11.8. The van der Waals surface area contributed by atoms with Gasteiger partial charge >= 0.3 is 6.09 Å². The largest absolute Gasteiger partial charge is 0.493 e. The number of hydrogen-bond donors (Lipinski definition) is 0. The van der Waals surface area contributed by atoms with E-state index in [-0.39, 0.29) is 12.1 Å². The minimum Gasteiger partial charge on any atom is -0.493 e. The van der Waals surface area contributed by atoms with Crippen LogP contribution in [0.25, 0.3) is 10.9 Å². The van der Waals surface area contributed by atoms with E-state index in [9.17, 15) is 4.79 Å². The van der Waals surface area contributed by atoms with E-state index in [1.165, 1.54) is 6.33 Å². The van der Waals surface area contributed by atoms with E-state index < -0.39 is 0 Å². The molecule has 2 aliphatic rings. The van der Waals surface area contributed by atoms with Gasteiger partial charge in [-0.3, -0.25) is 0 Å². The number of rotatable bonds is 5. The summed E-state index contributed by atoms with van der Waals surface area (Å²) >= 11 is 0. The van der Waals surface area contributed by atoms with E-state index in [0.717, 1.165) is 37.1 Å². The molecule has 3 heterocycles. The molecule has 28 heavy (non-hydrogen) atoms. The van der Waals surface area contributed by atoms with Crippen LogP contribution in [0.5, 0.6) is 17.2 Å². The fourth-order valence-electron chi connectivity index (χ4n) is 4.03. The Balaban J connectivity index is 1.65.